The van der Waals surface area contributed by atoms with Crippen LogP contribution in [0.3, 0.4) is 0 Å². The molecule has 0 radical (unpaired) electrons. The van der Waals surface area contributed by atoms with Gasteiger partial charge in [-0.2, -0.15) is 11.8 Å². The Morgan fingerprint density at radius 2 is 2.05 bits per heavy atom. The summed E-state index contributed by atoms with van der Waals surface area (Å²) in [6.45, 7) is 6.19. The molecule has 0 atom stereocenters. The van der Waals surface area contributed by atoms with Gasteiger partial charge < -0.3 is 5.32 Å². The summed E-state index contributed by atoms with van der Waals surface area (Å²) in [5.74, 6) is 1.63. The van der Waals surface area contributed by atoms with Gasteiger partial charge in [0.15, 0.2) is 5.82 Å². The van der Waals surface area contributed by atoms with Gasteiger partial charge in [-0.05, 0) is 54.8 Å². The summed E-state index contributed by atoms with van der Waals surface area (Å²) in [4.78, 5) is 0. The van der Waals surface area contributed by atoms with Crippen LogP contribution in [0.4, 0.5) is 0 Å². The van der Waals surface area contributed by atoms with Gasteiger partial charge in [-0.25, -0.2) is 4.68 Å². The van der Waals surface area contributed by atoms with Gasteiger partial charge in [0.25, 0.3) is 0 Å². The first-order chi connectivity index (χ1) is 9.20. The number of nitrogens with one attached hydrogen (secondary N) is 1. The van der Waals surface area contributed by atoms with Crippen LogP contribution in [-0.2, 0) is 6.54 Å². The zero-order valence-corrected chi connectivity index (χ0v) is 13.0. The SMILES string of the molecule is CSC1CCC(n2nnnc2CNCC(C)C)CC1. The lowest BCUT2D eigenvalue weighted by atomic mass is 9.95. The molecule has 19 heavy (non-hydrogen) atoms. The molecule has 5 nitrogen and oxygen atoms in total. The molecule has 1 aliphatic rings. The average molecular weight is 283 g/mol. The summed E-state index contributed by atoms with van der Waals surface area (Å²) in [7, 11) is 0. The van der Waals surface area contributed by atoms with Crippen LogP contribution in [0.1, 0.15) is 51.4 Å². The van der Waals surface area contributed by atoms with Crippen molar-refractivity contribution in [1.29, 1.82) is 0 Å². The van der Waals surface area contributed by atoms with Crippen molar-refractivity contribution >= 4 is 11.8 Å². The molecular weight excluding hydrogens is 258 g/mol. The molecule has 0 amide bonds. The molecule has 1 aromatic heterocycles. The van der Waals surface area contributed by atoms with Gasteiger partial charge >= 0.3 is 0 Å². The van der Waals surface area contributed by atoms with E-state index in [9.17, 15) is 0 Å². The molecule has 0 spiro atoms. The third-order valence-electron chi connectivity index (χ3n) is 3.72. The van der Waals surface area contributed by atoms with Gasteiger partial charge in [-0.1, -0.05) is 13.8 Å². The third-order valence-corrected chi connectivity index (χ3v) is 4.86. The highest BCUT2D eigenvalue weighted by atomic mass is 32.2. The van der Waals surface area contributed by atoms with Gasteiger partial charge in [0.05, 0.1) is 12.6 Å². The van der Waals surface area contributed by atoms with Crippen LogP contribution in [0.15, 0.2) is 0 Å². The number of thioether (sulfide) groups is 1. The van der Waals surface area contributed by atoms with E-state index < -0.39 is 0 Å². The van der Waals surface area contributed by atoms with Crippen LogP contribution in [0.5, 0.6) is 0 Å². The second-order valence-electron chi connectivity index (χ2n) is 5.73. The Hall–Kier alpha value is -0.620. The zero-order chi connectivity index (χ0) is 13.7. The van der Waals surface area contributed by atoms with E-state index in [1.54, 1.807) is 0 Å². The number of rotatable bonds is 6. The van der Waals surface area contributed by atoms with Gasteiger partial charge in [-0.15, -0.1) is 5.10 Å². The minimum Gasteiger partial charge on any atom is -0.310 e. The van der Waals surface area contributed by atoms with Crippen molar-refractivity contribution < 1.29 is 0 Å². The van der Waals surface area contributed by atoms with E-state index in [4.69, 9.17) is 0 Å². The largest absolute Gasteiger partial charge is 0.310 e. The van der Waals surface area contributed by atoms with E-state index in [0.717, 1.165) is 24.2 Å². The maximum Gasteiger partial charge on any atom is 0.165 e. The Morgan fingerprint density at radius 3 is 2.68 bits per heavy atom. The van der Waals surface area contributed by atoms with Crippen LogP contribution in [0.25, 0.3) is 0 Å². The standard InChI is InChI=1S/C13H25N5S/c1-10(2)8-14-9-13-15-16-17-18(13)11-4-6-12(19-3)7-5-11/h10-12,14H,4-9H2,1-3H3. The summed E-state index contributed by atoms with van der Waals surface area (Å²) < 4.78 is 2.05. The van der Waals surface area contributed by atoms with E-state index in [-0.39, 0.29) is 0 Å². The molecule has 0 aromatic carbocycles. The molecule has 1 aromatic rings. The molecule has 108 valence electrons. The number of hydrogen-bond donors (Lipinski definition) is 1. The molecule has 2 rings (SSSR count). The van der Waals surface area contributed by atoms with Crippen molar-refractivity contribution in [2.24, 2.45) is 5.92 Å². The summed E-state index contributed by atoms with van der Waals surface area (Å²) >= 11 is 1.99. The van der Waals surface area contributed by atoms with Crippen molar-refractivity contribution in [3.05, 3.63) is 5.82 Å². The smallest absolute Gasteiger partial charge is 0.165 e. The molecule has 1 saturated carbocycles. The first kappa shape index (κ1) is 14.8. The van der Waals surface area contributed by atoms with Crippen LogP contribution < -0.4 is 5.32 Å². The van der Waals surface area contributed by atoms with Crippen molar-refractivity contribution in [2.75, 3.05) is 12.8 Å². The van der Waals surface area contributed by atoms with E-state index in [1.165, 1.54) is 25.7 Å². The second kappa shape index (κ2) is 7.24. The molecule has 1 heterocycles. The Morgan fingerprint density at radius 1 is 1.32 bits per heavy atom. The Labute approximate surface area is 119 Å². The molecular formula is C13H25N5S. The summed E-state index contributed by atoms with van der Waals surface area (Å²) in [6.07, 6.45) is 7.18. The van der Waals surface area contributed by atoms with Crippen molar-refractivity contribution in [2.45, 2.75) is 57.4 Å². The predicted molar refractivity (Wildman–Crippen MR) is 79.2 cm³/mol. The lowest BCUT2D eigenvalue weighted by molar-refractivity contribution is 0.319. The Balaban J connectivity index is 1.88. The fourth-order valence-electron chi connectivity index (χ4n) is 2.61. The number of tetrazole rings is 1. The minimum atomic E-state index is 0.495. The van der Waals surface area contributed by atoms with E-state index in [1.807, 2.05) is 16.4 Å². The highest BCUT2D eigenvalue weighted by Crippen LogP contribution is 2.33. The topological polar surface area (TPSA) is 55.6 Å². The number of aromatic nitrogens is 4. The Kier molecular flexibility index (Phi) is 5.63. The quantitative estimate of drug-likeness (QED) is 0.868. The zero-order valence-electron chi connectivity index (χ0n) is 12.2. The predicted octanol–water partition coefficient (Wildman–Crippen LogP) is 2.27. The summed E-state index contributed by atoms with van der Waals surface area (Å²) in [5, 5.41) is 16.5. The van der Waals surface area contributed by atoms with Gasteiger partial charge in [0.1, 0.15) is 0 Å². The van der Waals surface area contributed by atoms with Crippen molar-refractivity contribution in [3.63, 3.8) is 0 Å². The molecule has 1 aliphatic carbocycles. The van der Waals surface area contributed by atoms with Crippen LogP contribution in [0, 0.1) is 5.92 Å². The molecule has 1 N–H and O–H groups in total. The van der Waals surface area contributed by atoms with Gasteiger partial charge in [0, 0.05) is 5.25 Å². The van der Waals surface area contributed by atoms with Gasteiger partial charge in [-0.3, -0.25) is 0 Å². The second-order valence-corrected chi connectivity index (χ2v) is 6.87. The molecule has 6 heteroatoms. The summed E-state index contributed by atoms with van der Waals surface area (Å²) in [6, 6.07) is 0.495. The molecule has 1 fully saturated rings. The monoisotopic (exact) mass is 283 g/mol. The normalized spacial score (nSPS) is 24.0. The van der Waals surface area contributed by atoms with E-state index in [2.05, 4.69) is 40.9 Å². The van der Waals surface area contributed by atoms with Crippen LogP contribution in [0.2, 0.25) is 0 Å². The fourth-order valence-corrected chi connectivity index (χ4v) is 3.35. The first-order valence-electron chi connectivity index (χ1n) is 7.21. The maximum absolute atomic E-state index is 4.20. The molecule has 0 unspecified atom stereocenters. The van der Waals surface area contributed by atoms with Crippen LogP contribution >= 0.6 is 11.8 Å². The lowest BCUT2D eigenvalue weighted by Gasteiger charge is -2.27. The highest BCUT2D eigenvalue weighted by Gasteiger charge is 2.24. The Bertz CT molecular complexity index is 371. The number of hydrogen-bond acceptors (Lipinski definition) is 5. The van der Waals surface area contributed by atoms with Crippen molar-refractivity contribution in [1.82, 2.24) is 25.5 Å². The number of nitrogens with zero attached hydrogens (tertiary/aromatic N) is 4. The van der Waals surface area contributed by atoms with Crippen molar-refractivity contribution in [3.8, 4) is 0 Å². The third kappa shape index (κ3) is 4.18. The molecule has 0 aliphatic heterocycles. The first-order valence-corrected chi connectivity index (χ1v) is 8.49. The van der Waals surface area contributed by atoms with E-state index >= 15 is 0 Å². The maximum atomic E-state index is 4.20. The average Bonchev–Trinajstić information content (AvgIpc) is 2.87. The lowest BCUT2D eigenvalue weighted by Crippen LogP contribution is -2.25. The van der Waals surface area contributed by atoms with Gasteiger partial charge in [0.2, 0.25) is 0 Å². The molecule has 0 bridgehead atoms. The summed E-state index contributed by atoms with van der Waals surface area (Å²) in [5.41, 5.74) is 0. The minimum absolute atomic E-state index is 0.495. The van der Waals surface area contributed by atoms with E-state index in [0.29, 0.717) is 12.0 Å². The highest BCUT2D eigenvalue weighted by molar-refractivity contribution is 7.99. The fraction of sp³-hybridized carbons (Fsp3) is 0.923. The molecule has 0 saturated heterocycles. The van der Waals surface area contributed by atoms with Crippen LogP contribution in [-0.4, -0.2) is 38.3 Å².